The Hall–Kier alpha value is -0.630. The summed E-state index contributed by atoms with van der Waals surface area (Å²) in [5, 5.41) is 0. The van der Waals surface area contributed by atoms with Gasteiger partial charge in [-0.05, 0) is 30.4 Å². The van der Waals surface area contributed by atoms with Crippen LogP contribution in [0.5, 0.6) is 0 Å². The quantitative estimate of drug-likeness (QED) is 0.646. The molecule has 0 saturated heterocycles. The molecule has 0 unspecified atom stereocenters. The lowest BCUT2D eigenvalue weighted by Gasteiger charge is -2.00. The molecule has 0 spiro atoms. The van der Waals surface area contributed by atoms with E-state index in [4.69, 9.17) is 11.6 Å². The maximum Gasteiger partial charge on any atom is 0.146 e. The maximum atomic E-state index is 13.1. The van der Waals surface area contributed by atoms with E-state index in [1.165, 1.54) is 12.8 Å². The molecule has 1 nitrogen and oxygen atoms in total. The average molecular weight is 186 g/mol. The Bertz CT molecular complexity index is 297. The third-order valence-corrected chi connectivity index (χ3v) is 2.37. The summed E-state index contributed by atoms with van der Waals surface area (Å²) in [5.41, 5.74) is 1.36. The van der Waals surface area contributed by atoms with Crippen LogP contribution in [0.1, 0.15) is 30.0 Å². The van der Waals surface area contributed by atoms with Crippen LogP contribution in [0.4, 0.5) is 4.39 Å². The van der Waals surface area contributed by atoms with Gasteiger partial charge in [-0.1, -0.05) is 0 Å². The summed E-state index contributed by atoms with van der Waals surface area (Å²) in [4.78, 5) is 3.95. The molecule has 0 aromatic carbocycles. The number of aromatic nitrogens is 1. The summed E-state index contributed by atoms with van der Waals surface area (Å²) in [7, 11) is 0. The first-order valence-corrected chi connectivity index (χ1v) is 4.55. The summed E-state index contributed by atoms with van der Waals surface area (Å²) >= 11 is 5.48. The van der Waals surface area contributed by atoms with Crippen LogP contribution in [-0.2, 0) is 5.88 Å². The third-order valence-electron chi connectivity index (χ3n) is 2.11. The highest BCUT2D eigenvalue weighted by molar-refractivity contribution is 6.16. The van der Waals surface area contributed by atoms with Gasteiger partial charge in [0.1, 0.15) is 5.82 Å². The van der Waals surface area contributed by atoms with E-state index in [0.717, 1.165) is 5.56 Å². The van der Waals surface area contributed by atoms with Crippen molar-refractivity contribution in [1.29, 1.82) is 0 Å². The molecule has 64 valence electrons. The first-order valence-electron chi connectivity index (χ1n) is 4.01. The number of hydrogen-bond donors (Lipinski definition) is 0. The van der Waals surface area contributed by atoms with Crippen LogP contribution in [-0.4, -0.2) is 4.98 Å². The van der Waals surface area contributed by atoms with Crippen molar-refractivity contribution in [2.24, 2.45) is 0 Å². The zero-order valence-electron chi connectivity index (χ0n) is 6.56. The Kier molecular flexibility index (Phi) is 2.01. The standard InChI is InChI=1S/C9H9ClFN/c10-4-9-8(11)3-7(5-12-9)6-1-2-6/h3,5-6H,1-2,4H2. The van der Waals surface area contributed by atoms with Crippen LogP contribution in [0.15, 0.2) is 12.3 Å². The number of halogens is 2. The molecule has 0 aliphatic heterocycles. The molecule has 3 heteroatoms. The van der Waals surface area contributed by atoms with Gasteiger partial charge in [-0.2, -0.15) is 0 Å². The van der Waals surface area contributed by atoms with E-state index in [1.807, 2.05) is 0 Å². The van der Waals surface area contributed by atoms with Gasteiger partial charge in [-0.3, -0.25) is 4.98 Å². The smallest absolute Gasteiger partial charge is 0.146 e. The van der Waals surface area contributed by atoms with Crippen LogP contribution in [0.25, 0.3) is 0 Å². The van der Waals surface area contributed by atoms with Gasteiger partial charge in [-0.15, -0.1) is 11.6 Å². The molecule has 1 fully saturated rings. The summed E-state index contributed by atoms with van der Waals surface area (Å²) in [6, 6.07) is 1.56. The topological polar surface area (TPSA) is 12.9 Å². The summed E-state index contributed by atoms with van der Waals surface area (Å²) in [5.74, 6) is 0.433. The van der Waals surface area contributed by atoms with Crippen LogP contribution >= 0.6 is 11.6 Å². The molecule has 1 saturated carbocycles. The Morgan fingerprint density at radius 1 is 1.58 bits per heavy atom. The number of hydrogen-bond acceptors (Lipinski definition) is 1. The molecular formula is C9H9ClFN. The van der Waals surface area contributed by atoms with Crippen molar-refractivity contribution in [2.75, 3.05) is 0 Å². The predicted octanol–water partition coefficient (Wildman–Crippen LogP) is 2.84. The van der Waals surface area contributed by atoms with Gasteiger partial charge in [-0.25, -0.2) is 4.39 Å². The fraction of sp³-hybridized carbons (Fsp3) is 0.444. The second kappa shape index (κ2) is 3.02. The van der Waals surface area contributed by atoms with Crippen molar-refractivity contribution in [3.05, 3.63) is 29.3 Å². The van der Waals surface area contributed by atoms with Crippen molar-refractivity contribution < 1.29 is 4.39 Å². The van der Waals surface area contributed by atoms with E-state index in [2.05, 4.69) is 4.98 Å². The van der Waals surface area contributed by atoms with E-state index in [9.17, 15) is 4.39 Å². The van der Waals surface area contributed by atoms with Crippen molar-refractivity contribution in [3.63, 3.8) is 0 Å². The zero-order chi connectivity index (χ0) is 8.55. The molecule has 1 aromatic heterocycles. The normalized spacial score (nSPS) is 16.5. The second-order valence-corrected chi connectivity index (χ2v) is 3.37. The van der Waals surface area contributed by atoms with Gasteiger partial charge in [0, 0.05) is 6.20 Å². The highest BCUT2D eigenvalue weighted by Crippen LogP contribution is 2.39. The maximum absolute atomic E-state index is 13.1. The van der Waals surface area contributed by atoms with Crippen molar-refractivity contribution in [3.8, 4) is 0 Å². The lowest BCUT2D eigenvalue weighted by molar-refractivity contribution is 0.605. The Labute approximate surface area is 75.6 Å². The molecule has 2 rings (SSSR count). The lowest BCUT2D eigenvalue weighted by Crippen LogP contribution is -1.93. The van der Waals surface area contributed by atoms with Crippen LogP contribution < -0.4 is 0 Å². The molecule has 0 N–H and O–H groups in total. The van der Waals surface area contributed by atoms with Gasteiger partial charge in [0.15, 0.2) is 0 Å². The Morgan fingerprint density at radius 3 is 2.83 bits per heavy atom. The molecule has 1 aromatic rings. The van der Waals surface area contributed by atoms with Gasteiger partial charge >= 0.3 is 0 Å². The summed E-state index contributed by atoms with van der Waals surface area (Å²) in [6.45, 7) is 0. The van der Waals surface area contributed by atoms with E-state index in [-0.39, 0.29) is 11.7 Å². The van der Waals surface area contributed by atoms with E-state index < -0.39 is 0 Å². The molecule has 0 amide bonds. The zero-order valence-corrected chi connectivity index (χ0v) is 7.31. The monoisotopic (exact) mass is 185 g/mol. The number of alkyl halides is 1. The second-order valence-electron chi connectivity index (χ2n) is 3.11. The van der Waals surface area contributed by atoms with E-state index in [0.29, 0.717) is 11.6 Å². The lowest BCUT2D eigenvalue weighted by atomic mass is 10.2. The minimum Gasteiger partial charge on any atom is -0.257 e. The van der Waals surface area contributed by atoms with Gasteiger partial charge in [0.2, 0.25) is 0 Å². The van der Waals surface area contributed by atoms with Crippen molar-refractivity contribution in [2.45, 2.75) is 24.6 Å². The minimum atomic E-state index is -0.269. The molecule has 1 aliphatic carbocycles. The van der Waals surface area contributed by atoms with Crippen LogP contribution in [0, 0.1) is 5.82 Å². The highest BCUT2D eigenvalue weighted by Gasteiger charge is 2.24. The Balaban J connectivity index is 2.30. The van der Waals surface area contributed by atoms with Crippen LogP contribution in [0.3, 0.4) is 0 Å². The molecule has 0 atom stereocenters. The fourth-order valence-corrected chi connectivity index (χ4v) is 1.42. The molecule has 0 radical (unpaired) electrons. The van der Waals surface area contributed by atoms with Gasteiger partial charge < -0.3 is 0 Å². The highest BCUT2D eigenvalue weighted by atomic mass is 35.5. The minimum absolute atomic E-state index is 0.150. The Morgan fingerprint density at radius 2 is 2.33 bits per heavy atom. The van der Waals surface area contributed by atoms with Gasteiger partial charge in [0.05, 0.1) is 11.6 Å². The van der Waals surface area contributed by atoms with E-state index in [1.54, 1.807) is 12.3 Å². The SMILES string of the molecule is Fc1cc(C2CC2)cnc1CCl. The third kappa shape index (κ3) is 1.44. The van der Waals surface area contributed by atoms with Gasteiger partial charge in [0.25, 0.3) is 0 Å². The van der Waals surface area contributed by atoms with E-state index >= 15 is 0 Å². The molecule has 1 heterocycles. The largest absolute Gasteiger partial charge is 0.257 e. The van der Waals surface area contributed by atoms with Crippen molar-refractivity contribution >= 4 is 11.6 Å². The molecule has 12 heavy (non-hydrogen) atoms. The number of pyridine rings is 1. The first-order chi connectivity index (χ1) is 5.81. The number of nitrogens with zero attached hydrogens (tertiary/aromatic N) is 1. The average Bonchev–Trinajstić information content (AvgIpc) is 2.86. The van der Waals surface area contributed by atoms with Crippen LogP contribution in [0.2, 0.25) is 0 Å². The fourth-order valence-electron chi connectivity index (χ4n) is 1.22. The summed E-state index contributed by atoms with van der Waals surface area (Å²) < 4.78 is 13.1. The molecule has 0 bridgehead atoms. The van der Waals surface area contributed by atoms with Crippen molar-refractivity contribution in [1.82, 2.24) is 4.98 Å². The summed E-state index contributed by atoms with van der Waals surface area (Å²) in [6.07, 6.45) is 4.07. The first kappa shape index (κ1) is 7.99. The number of rotatable bonds is 2. The molecular weight excluding hydrogens is 177 g/mol. The predicted molar refractivity (Wildman–Crippen MR) is 45.7 cm³/mol. The molecule has 1 aliphatic rings.